The maximum absolute atomic E-state index is 12.2. The number of rotatable bonds is 6. The summed E-state index contributed by atoms with van der Waals surface area (Å²) in [6.45, 7) is 1.84. The molecule has 112 valence electrons. The normalized spacial score (nSPS) is 11.5. The van der Waals surface area contributed by atoms with Crippen LogP contribution in [0.1, 0.15) is 20.9 Å². The highest BCUT2D eigenvalue weighted by molar-refractivity contribution is 7.89. The smallest absolute Gasteiger partial charge is 0.335 e. The van der Waals surface area contributed by atoms with Crippen LogP contribution in [0.3, 0.4) is 0 Å². The molecule has 0 aliphatic carbocycles. The number of thiazole rings is 1. The van der Waals surface area contributed by atoms with E-state index < -0.39 is 16.0 Å². The Hall–Kier alpha value is -1.77. The van der Waals surface area contributed by atoms with Crippen molar-refractivity contribution in [2.45, 2.75) is 18.2 Å². The van der Waals surface area contributed by atoms with E-state index in [4.69, 9.17) is 5.11 Å². The zero-order chi connectivity index (χ0) is 15.5. The lowest BCUT2D eigenvalue weighted by Crippen LogP contribution is -2.26. The molecule has 0 spiro atoms. The van der Waals surface area contributed by atoms with Crippen molar-refractivity contribution in [3.8, 4) is 0 Å². The number of carboxylic acid groups (broad SMARTS) is 1. The SMILES string of the molecule is Cc1ccc(C(=O)O)cc1S(=O)(=O)NCCc1nccs1. The Morgan fingerprint density at radius 3 is 2.81 bits per heavy atom. The number of benzene rings is 1. The van der Waals surface area contributed by atoms with Gasteiger partial charge >= 0.3 is 5.97 Å². The number of carbonyl (C=O) groups is 1. The summed E-state index contributed by atoms with van der Waals surface area (Å²) in [7, 11) is -3.74. The molecule has 0 amide bonds. The molecule has 0 saturated carbocycles. The molecule has 0 atom stereocenters. The van der Waals surface area contributed by atoms with Crippen LogP contribution in [0, 0.1) is 6.92 Å². The summed E-state index contributed by atoms with van der Waals surface area (Å²) in [5, 5.41) is 11.6. The lowest BCUT2D eigenvalue weighted by molar-refractivity contribution is 0.0696. The highest BCUT2D eigenvalue weighted by atomic mass is 32.2. The number of hydrogen-bond acceptors (Lipinski definition) is 5. The third-order valence-corrected chi connectivity index (χ3v) is 5.28. The molecule has 2 rings (SSSR count). The summed E-state index contributed by atoms with van der Waals surface area (Å²) >= 11 is 1.46. The average molecular weight is 326 g/mol. The zero-order valence-electron chi connectivity index (χ0n) is 11.2. The van der Waals surface area contributed by atoms with E-state index in [0.717, 1.165) is 5.01 Å². The van der Waals surface area contributed by atoms with E-state index in [1.807, 2.05) is 5.38 Å². The molecular formula is C13H14N2O4S2. The maximum Gasteiger partial charge on any atom is 0.335 e. The number of sulfonamides is 1. The fraction of sp³-hybridized carbons (Fsp3) is 0.231. The third kappa shape index (κ3) is 3.87. The van der Waals surface area contributed by atoms with E-state index >= 15 is 0 Å². The monoisotopic (exact) mass is 326 g/mol. The van der Waals surface area contributed by atoms with Crippen LogP contribution in [-0.4, -0.2) is 31.0 Å². The van der Waals surface area contributed by atoms with Gasteiger partial charge in [0.25, 0.3) is 0 Å². The van der Waals surface area contributed by atoms with Crippen molar-refractivity contribution in [3.05, 3.63) is 45.9 Å². The first-order valence-electron chi connectivity index (χ1n) is 6.12. The summed E-state index contributed by atoms with van der Waals surface area (Å²) in [6, 6.07) is 4.04. The molecule has 0 fully saturated rings. The molecule has 1 aromatic carbocycles. The average Bonchev–Trinajstić information content (AvgIpc) is 2.91. The van der Waals surface area contributed by atoms with Gasteiger partial charge in [-0.2, -0.15) is 0 Å². The van der Waals surface area contributed by atoms with Crippen molar-refractivity contribution < 1.29 is 18.3 Å². The molecule has 0 radical (unpaired) electrons. The van der Waals surface area contributed by atoms with Crippen molar-refractivity contribution in [1.82, 2.24) is 9.71 Å². The first-order valence-corrected chi connectivity index (χ1v) is 8.48. The number of hydrogen-bond donors (Lipinski definition) is 2. The van der Waals surface area contributed by atoms with Gasteiger partial charge in [0.05, 0.1) is 15.5 Å². The Bertz CT molecular complexity index is 740. The lowest BCUT2D eigenvalue weighted by Gasteiger charge is -2.09. The molecule has 2 aromatic rings. The van der Waals surface area contributed by atoms with Crippen LogP contribution in [0.15, 0.2) is 34.7 Å². The number of aromatic carboxylic acids is 1. The summed E-state index contributed by atoms with van der Waals surface area (Å²) in [5.74, 6) is -1.16. The molecule has 1 aromatic heterocycles. The second-order valence-corrected chi connectivity index (χ2v) is 7.07. The van der Waals surface area contributed by atoms with E-state index in [0.29, 0.717) is 12.0 Å². The van der Waals surface area contributed by atoms with Crippen molar-refractivity contribution in [3.63, 3.8) is 0 Å². The van der Waals surface area contributed by atoms with Crippen LogP contribution in [0.4, 0.5) is 0 Å². The van der Waals surface area contributed by atoms with Crippen LogP contribution >= 0.6 is 11.3 Å². The molecular weight excluding hydrogens is 312 g/mol. The van der Waals surface area contributed by atoms with Gasteiger partial charge < -0.3 is 5.11 Å². The largest absolute Gasteiger partial charge is 0.478 e. The predicted octanol–water partition coefficient (Wildman–Crippen LogP) is 1.67. The van der Waals surface area contributed by atoms with Crippen LogP contribution in [0.25, 0.3) is 0 Å². The lowest BCUT2D eigenvalue weighted by atomic mass is 10.1. The Labute approximate surface area is 126 Å². The fourth-order valence-electron chi connectivity index (χ4n) is 1.77. The van der Waals surface area contributed by atoms with E-state index in [-0.39, 0.29) is 17.0 Å². The van der Waals surface area contributed by atoms with Gasteiger partial charge in [-0.3, -0.25) is 0 Å². The number of aryl methyl sites for hydroxylation is 1. The van der Waals surface area contributed by atoms with Gasteiger partial charge in [0, 0.05) is 24.5 Å². The molecule has 0 aliphatic rings. The number of nitrogens with one attached hydrogen (secondary N) is 1. The minimum absolute atomic E-state index is 0.0125. The fourth-order valence-corrected chi connectivity index (χ4v) is 3.69. The summed E-state index contributed by atoms with van der Waals surface area (Å²) in [5.41, 5.74) is 0.447. The Kier molecular flexibility index (Phi) is 4.71. The summed E-state index contributed by atoms with van der Waals surface area (Å²) < 4.78 is 26.9. The van der Waals surface area contributed by atoms with Gasteiger partial charge in [-0.25, -0.2) is 22.9 Å². The molecule has 0 saturated heterocycles. The highest BCUT2D eigenvalue weighted by Gasteiger charge is 2.18. The van der Waals surface area contributed by atoms with Crippen LogP contribution in [0.5, 0.6) is 0 Å². The van der Waals surface area contributed by atoms with Gasteiger partial charge in [0.2, 0.25) is 10.0 Å². The Balaban J connectivity index is 2.15. The van der Waals surface area contributed by atoms with Crippen molar-refractivity contribution in [2.75, 3.05) is 6.54 Å². The predicted molar refractivity (Wildman–Crippen MR) is 79.1 cm³/mol. The highest BCUT2D eigenvalue weighted by Crippen LogP contribution is 2.17. The van der Waals surface area contributed by atoms with Crippen LogP contribution in [0.2, 0.25) is 0 Å². The minimum atomic E-state index is -3.74. The molecule has 8 heteroatoms. The first kappa shape index (κ1) is 15.6. The second-order valence-electron chi connectivity index (χ2n) is 4.36. The molecule has 2 N–H and O–H groups in total. The molecule has 0 aliphatic heterocycles. The quantitative estimate of drug-likeness (QED) is 0.842. The summed E-state index contributed by atoms with van der Waals surface area (Å²) in [6.07, 6.45) is 2.16. The summed E-state index contributed by atoms with van der Waals surface area (Å²) in [4.78, 5) is 15.0. The third-order valence-electron chi connectivity index (χ3n) is 2.84. The molecule has 1 heterocycles. The standard InChI is InChI=1S/C13H14N2O4S2/c1-9-2-3-10(13(16)17)8-11(9)21(18,19)15-5-4-12-14-6-7-20-12/h2-3,6-8,15H,4-5H2,1H3,(H,16,17). The first-order chi connectivity index (χ1) is 9.90. The number of aromatic nitrogens is 1. The van der Waals surface area contributed by atoms with Gasteiger partial charge in [-0.15, -0.1) is 11.3 Å². The van der Waals surface area contributed by atoms with Gasteiger partial charge in [0.15, 0.2) is 0 Å². The number of carboxylic acids is 1. The molecule has 0 bridgehead atoms. The van der Waals surface area contributed by atoms with E-state index in [1.54, 1.807) is 13.1 Å². The van der Waals surface area contributed by atoms with E-state index in [9.17, 15) is 13.2 Å². The maximum atomic E-state index is 12.2. The van der Waals surface area contributed by atoms with E-state index in [2.05, 4.69) is 9.71 Å². The van der Waals surface area contributed by atoms with Crippen molar-refractivity contribution >= 4 is 27.3 Å². The van der Waals surface area contributed by atoms with Crippen molar-refractivity contribution in [1.29, 1.82) is 0 Å². The zero-order valence-corrected chi connectivity index (χ0v) is 12.9. The Morgan fingerprint density at radius 1 is 1.43 bits per heavy atom. The van der Waals surface area contributed by atoms with Crippen LogP contribution in [-0.2, 0) is 16.4 Å². The molecule has 21 heavy (non-hydrogen) atoms. The topological polar surface area (TPSA) is 96.4 Å². The molecule has 0 unspecified atom stereocenters. The van der Waals surface area contributed by atoms with Crippen LogP contribution < -0.4 is 4.72 Å². The van der Waals surface area contributed by atoms with E-state index in [1.165, 1.54) is 29.5 Å². The van der Waals surface area contributed by atoms with Gasteiger partial charge in [0.1, 0.15) is 0 Å². The minimum Gasteiger partial charge on any atom is -0.478 e. The molecule has 6 nitrogen and oxygen atoms in total. The second kappa shape index (κ2) is 6.33. The van der Waals surface area contributed by atoms with Crippen molar-refractivity contribution in [2.24, 2.45) is 0 Å². The van der Waals surface area contributed by atoms with Gasteiger partial charge in [-0.1, -0.05) is 6.07 Å². The van der Waals surface area contributed by atoms with Gasteiger partial charge in [-0.05, 0) is 24.6 Å². The Morgan fingerprint density at radius 2 is 2.19 bits per heavy atom. The number of nitrogens with zero attached hydrogens (tertiary/aromatic N) is 1.